The van der Waals surface area contributed by atoms with Crippen molar-refractivity contribution in [3.8, 4) is 0 Å². The van der Waals surface area contributed by atoms with Crippen LogP contribution in [0.25, 0.3) is 10.2 Å². The van der Waals surface area contributed by atoms with Gasteiger partial charge in [0.1, 0.15) is 0 Å². The molecule has 0 aliphatic carbocycles. The maximum absolute atomic E-state index is 13.6. The first kappa shape index (κ1) is 19.1. The minimum Gasteiger partial charge on any atom is -0.478 e. The van der Waals surface area contributed by atoms with E-state index in [-0.39, 0.29) is 15.6 Å². The van der Waals surface area contributed by atoms with E-state index in [0.29, 0.717) is 16.8 Å². The lowest BCUT2D eigenvalue weighted by Gasteiger charge is -2.22. The fraction of sp³-hybridized carbons (Fsp3) is 0.0476. The summed E-state index contributed by atoms with van der Waals surface area (Å²) >= 11 is 1.25. The Bertz CT molecular complexity index is 1280. The summed E-state index contributed by atoms with van der Waals surface area (Å²) in [5.74, 6) is -1.18. The van der Waals surface area contributed by atoms with Gasteiger partial charge in [-0.25, -0.2) is 22.5 Å². The molecule has 1 aromatic heterocycles. The molecule has 0 bridgehead atoms. The molecule has 6 nitrogen and oxygen atoms in total. The third kappa shape index (κ3) is 3.48. The Labute approximate surface area is 171 Å². The molecule has 0 fully saturated rings. The summed E-state index contributed by atoms with van der Waals surface area (Å²) in [6.45, 7) is 1.63. The molecule has 3 aromatic carbocycles. The number of sulfonamides is 1. The largest absolute Gasteiger partial charge is 0.478 e. The maximum atomic E-state index is 13.6. The van der Waals surface area contributed by atoms with Gasteiger partial charge in [0.2, 0.25) is 5.13 Å². The van der Waals surface area contributed by atoms with Crippen LogP contribution in [-0.4, -0.2) is 24.5 Å². The number of aryl methyl sites for hydroxylation is 1. The van der Waals surface area contributed by atoms with Gasteiger partial charge in [-0.1, -0.05) is 47.7 Å². The highest BCUT2D eigenvalue weighted by Crippen LogP contribution is 2.37. The van der Waals surface area contributed by atoms with E-state index in [4.69, 9.17) is 0 Å². The van der Waals surface area contributed by atoms with Crippen LogP contribution in [0.4, 0.5) is 10.8 Å². The highest BCUT2D eigenvalue weighted by Gasteiger charge is 2.30. The minimum absolute atomic E-state index is 0.0524. The summed E-state index contributed by atoms with van der Waals surface area (Å²) in [5.41, 5.74) is 1.55. The average molecular weight is 425 g/mol. The second-order valence-electron chi connectivity index (χ2n) is 6.35. The van der Waals surface area contributed by atoms with E-state index in [1.165, 1.54) is 29.5 Å². The summed E-state index contributed by atoms with van der Waals surface area (Å²) < 4.78 is 29.2. The zero-order chi connectivity index (χ0) is 20.6. The van der Waals surface area contributed by atoms with Gasteiger partial charge in [0.05, 0.1) is 26.4 Å². The first-order valence-corrected chi connectivity index (χ1v) is 10.9. The van der Waals surface area contributed by atoms with Crippen molar-refractivity contribution < 1.29 is 18.3 Å². The van der Waals surface area contributed by atoms with Crippen LogP contribution in [0, 0.1) is 6.92 Å². The van der Waals surface area contributed by atoms with Crippen LogP contribution in [0.5, 0.6) is 0 Å². The van der Waals surface area contributed by atoms with Gasteiger partial charge >= 0.3 is 5.97 Å². The molecule has 8 heteroatoms. The number of para-hydroxylation sites is 2. The van der Waals surface area contributed by atoms with E-state index in [1.54, 1.807) is 37.3 Å². The van der Waals surface area contributed by atoms with Crippen LogP contribution in [0.2, 0.25) is 0 Å². The van der Waals surface area contributed by atoms with E-state index in [2.05, 4.69) is 4.98 Å². The van der Waals surface area contributed by atoms with E-state index in [1.807, 2.05) is 24.3 Å². The lowest BCUT2D eigenvalue weighted by molar-refractivity contribution is 0.0696. The summed E-state index contributed by atoms with van der Waals surface area (Å²) in [5, 5.41) is 9.69. The SMILES string of the molecule is Cc1ccc(S(=O)(=O)N(c2ccccc2)c2nc3ccccc3s2)cc1C(=O)O. The number of aromatic carboxylic acids is 1. The summed E-state index contributed by atoms with van der Waals surface area (Å²) in [4.78, 5) is 15.9. The van der Waals surface area contributed by atoms with E-state index < -0.39 is 16.0 Å². The number of nitrogens with zero attached hydrogens (tertiary/aromatic N) is 2. The van der Waals surface area contributed by atoms with Gasteiger partial charge in [0.25, 0.3) is 10.0 Å². The highest BCUT2D eigenvalue weighted by molar-refractivity contribution is 7.93. The number of carboxylic acid groups (broad SMARTS) is 1. The highest BCUT2D eigenvalue weighted by atomic mass is 32.2. The molecule has 4 aromatic rings. The van der Waals surface area contributed by atoms with Crippen molar-refractivity contribution in [2.24, 2.45) is 0 Å². The molecule has 1 heterocycles. The van der Waals surface area contributed by atoms with Crippen molar-refractivity contribution in [1.29, 1.82) is 0 Å². The molecule has 0 aliphatic heterocycles. The molecule has 0 spiro atoms. The van der Waals surface area contributed by atoms with Crippen LogP contribution in [0.3, 0.4) is 0 Å². The van der Waals surface area contributed by atoms with Gasteiger partial charge in [-0.15, -0.1) is 0 Å². The lowest BCUT2D eigenvalue weighted by atomic mass is 10.1. The predicted molar refractivity (Wildman–Crippen MR) is 114 cm³/mol. The van der Waals surface area contributed by atoms with Crippen molar-refractivity contribution in [1.82, 2.24) is 4.98 Å². The Hall–Kier alpha value is -3.23. The molecule has 0 atom stereocenters. The standard InChI is InChI=1S/C21H16N2O4S2/c1-14-11-12-16(13-17(14)20(24)25)29(26,27)23(15-7-3-2-4-8-15)21-22-18-9-5-6-10-19(18)28-21/h2-13H,1H3,(H,24,25). The van der Waals surface area contributed by atoms with Crippen LogP contribution < -0.4 is 4.31 Å². The summed E-state index contributed by atoms with van der Waals surface area (Å²) in [6.07, 6.45) is 0. The van der Waals surface area contributed by atoms with E-state index in [9.17, 15) is 18.3 Å². The first-order valence-electron chi connectivity index (χ1n) is 8.68. The molecule has 1 N–H and O–H groups in total. The van der Waals surface area contributed by atoms with Crippen molar-refractivity contribution in [3.05, 3.63) is 83.9 Å². The second-order valence-corrected chi connectivity index (χ2v) is 9.15. The van der Waals surface area contributed by atoms with Crippen LogP contribution in [0.15, 0.2) is 77.7 Å². The molecule has 0 unspecified atom stereocenters. The Kier molecular flexibility index (Phi) is 4.81. The number of carboxylic acids is 1. The molecule has 146 valence electrons. The van der Waals surface area contributed by atoms with E-state index >= 15 is 0 Å². The van der Waals surface area contributed by atoms with Gasteiger partial charge in [0, 0.05) is 0 Å². The zero-order valence-corrected chi connectivity index (χ0v) is 16.9. The average Bonchev–Trinajstić information content (AvgIpc) is 3.12. The number of thiazole rings is 1. The third-order valence-electron chi connectivity index (χ3n) is 4.42. The van der Waals surface area contributed by atoms with Gasteiger partial charge < -0.3 is 5.11 Å². The number of carbonyl (C=O) groups is 1. The van der Waals surface area contributed by atoms with Gasteiger partial charge in [0.15, 0.2) is 0 Å². The van der Waals surface area contributed by atoms with Gasteiger partial charge in [-0.3, -0.25) is 0 Å². The number of benzene rings is 3. The zero-order valence-electron chi connectivity index (χ0n) is 15.3. The van der Waals surface area contributed by atoms with Crippen molar-refractivity contribution in [2.45, 2.75) is 11.8 Å². The van der Waals surface area contributed by atoms with Crippen molar-refractivity contribution >= 4 is 48.4 Å². The normalized spacial score (nSPS) is 11.5. The number of hydrogen-bond donors (Lipinski definition) is 1. The fourth-order valence-corrected chi connectivity index (χ4v) is 5.62. The Morgan fingerprint density at radius 2 is 1.69 bits per heavy atom. The molecule has 4 rings (SSSR count). The van der Waals surface area contributed by atoms with E-state index in [0.717, 1.165) is 9.01 Å². The van der Waals surface area contributed by atoms with Crippen LogP contribution in [0.1, 0.15) is 15.9 Å². The molecule has 0 amide bonds. The fourth-order valence-electron chi connectivity index (χ4n) is 2.96. The number of fused-ring (bicyclic) bond motifs is 1. The molecular formula is C21H16N2O4S2. The smallest absolute Gasteiger partial charge is 0.335 e. The molecule has 0 saturated heterocycles. The number of aromatic nitrogens is 1. The Morgan fingerprint density at radius 1 is 1.00 bits per heavy atom. The minimum atomic E-state index is -4.11. The predicted octanol–water partition coefficient (Wildman–Crippen LogP) is 4.83. The Balaban J connectivity index is 1.93. The number of rotatable bonds is 5. The first-order chi connectivity index (χ1) is 13.9. The summed E-state index contributed by atoms with van der Waals surface area (Å²) in [6, 6.07) is 20.1. The third-order valence-corrected chi connectivity index (χ3v) is 7.28. The van der Waals surface area contributed by atoms with Crippen molar-refractivity contribution in [3.63, 3.8) is 0 Å². The molecule has 0 radical (unpaired) electrons. The molecule has 29 heavy (non-hydrogen) atoms. The van der Waals surface area contributed by atoms with Crippen LogP contribution >= 0.6 is 11.3 Å². The van der Waals surface area contributed by atoms with Gasteiger partial charge in [-0.2, -0.15) is 0 Å². The lowest BCUT2D eigenvalue weighted by Crippen LogP contribution is -2.26. The molecule has 0 aliphatic rings. The van der Waals surface area contributed by atoms with Gasteiger partial charge in [-0.05, 0) is 48.9 Å². The Morgan fingerprint density at radius 3 is 2.38 bits per heavy atom. The number of anilines is 2. The molecule has 0 saturated carbocycles. The second kappa shape index (κ2) is 7.31. The molecular weight excluding hydrogens is 408 g/mol. The maximum Gasteiger partial charge on any atom is 0.335 e. The summed E-state index contributed by atoms with van der Waals surface area (Å²) in [7, 11) is -4.11. The quantitative estimate of drug-likeness (QED) is 0.496. The van der Waals surface area contributed by atoms with Crippen LogP contribution in [-0.2, 0) is 10.0 Å². The number of hydrogen-bond acceptors (Lipinski definition) is 5. The van der Waals surface area contributed by atoms with Crippen molar-refractivity contribution in [2.75, 3.05) is 4.31 Å². The monoisotopic (exact) mass is 424 g/mol. The topological polar surface area (TPSA) is 87.6 Å².